The zero-order valence-electron chi connectivity index (χ0n) is 15.2. The van der Waals surface area contributed by atoms with Crippen molar-refractivity contribution >= 4 is 41.7 Å². The number of hydrogen-bond acceptors (Lipinski definition) is 4. The number of aliphatic imine (C=N–C) groups is 1. The van der Waals surface area contributed by atoms with Crippen molar-refractivity contribution in [3.63, 3.8) is 0 Å². The maximum Gasteiger partial charge on any atom is 0.191 e. The lowest BCUT2D eigenvalue weighted by Crippen LogP contribution is -2.40. The van der Waals surface area contributed by atoms with E-state index in [1.807, 2.05) is 31.7 Å². The lowest BCUT2D eigenvalue weighted by Gasteiger charge is -2.16. The van der Waals surface area contributed by atoms with Gasteiger partial charge in [0, 0.05) is 35.8 Å². The number of nitrogens with one attached hydrogen (secondary N) is 2. The van der Waals surface area contributed by atoms with Crippen LogP contribution in [0.1, 0.15) is 23.9 Å². The molecule has 2 aromatic rings. The van der Waals surface area contributed by atoms with Crippen LogP contribution >= 0.6 is 35.7 Å². The van der Waals surface area contributed by atoms with Crippen molar-refractivity contribution in [2.45, 2.75) is 37.3 Å². The molecule has 7 heteroatoms. The highest BCUT2D eigenvalue weighted by molar-refractivity contribution is 14.0. The molecular weight excluding hydrogens is 447 g/mol. The van der Waals surface area contributed by atoms with Gasteiger partial charge in [0.1, 0.15) is 5.76 Å². The maximum atomic E-state index is 5.19. The molecule has 0 bridgehead atoms. The van der Waals surface area contributed by atoms with Crippen LogP contribution in [0.25, 0.3) is 0 Å². The Morgan fingerprint density at radius 1 is 1.24 bits per heavy atom. The first-order valence-corrected chi connectivity index (χ1v) is 9.06. The van der Waals surface area contributed by atoms with Crippen LogP contribution in [-0.4, -0.2) is 36.5 Å². The minimum Gasteiger partial charge on any atom is -0.361 e. The van der Waals surface area contributed by atoms with Crippen LogP contribution in [0.2, 0.25) is 0 Å². The van der Waals surface area contributed by atoms with Crippen LogP contribution in [0.4, 0.5) is 0 Å². The van der Waals surface area contributed by atoms with Crippen LogP contribution in [0.3, 0.4) is 0 Å². The van der Waals surface area contributed by atoms with Crippen molar-refractivity contribution in [3.05, 3.63) is 47.3 Å². The van der Waals surface area contributed by atoms with Crippen LogP contribution in [0.15, 0.2) is 44.7 Å². The highest BCUT2D eigenvalue weighted by Crippen LogP contribution is 2.21. The van der Waals surface area contributed by atoms with E-state index in [9.17, 15) is 0 Å². The van der Waals surface area contributed by atoms with Crippen LogP contribution < -0.4 is 10.6 Å². The molecule has 5 nitrogen and oxygen atoms in total. The molecular formula is C18H27IN4OS. The third kappa shape index (κ3) is 7.27. The second-order valence-corrected chi connectivity index (χ2v) is 7.19. The quantitative estimate of drug-likeness (QED) is 0.277. The molecule has 0 fully saturated rings. The molecule has 1 aromatic carbocycles. The SMILES string of the molecule is CN=C(NCCc1c(C)noc1C)NCC(C)Sc1ccccc1.I. The summed E-state index contributed by atoms with van der Waals surface area (Å²) in [6.07, 6.45) is 0.871. The number of nitrogens with zero attached hydrogens (tertiary/aromatic N) is 2. The summed E-state index contributed by atoms with van der Waals surface area (Å²) in [5.41, 5.74) is 2.14. The third-order valence-corrected chi connectivity index (χ3v) is 4.82. The van der Waals surface area contributed by atoms with Crippen molar-refractivity contribution < 1.29 is 4.52 Å². The van der Waals surface area contributed by atoms with E-state index in [2.05, 4.69) is 52.0 Å². The van der Waals surface area contributed by atoms with Gasteiger partial charge in [-0.2, -0.15) is 0 Å². The summed E-state index contributed by atoms with van der Waals surface area (Å²) >= 11 is 1.86. The van der Waals surface area contributed by atoms with E-state index in [1.165, 1.54) is 10.5 Å². The lowest BCUT2D eigenvalue weighted by atomic mass is 10.1. The highest BCUT2D eigenvalue weighted by Gasteiger charge is 2.09. The van der Waals surface area contributed by atoms with Gasteiger partial charge in [-0.25, -0.2) is 0 Å². The van der Waals surface area contributed by atoms with Crippen molar-refractivity contribution in [1.82, 2.24) is 15.8 Å². The van der Waals surface area contributed by atoms with Gasteiger partial charge in [0.15, 0.2) is 5.96 Å². The topological polar surface area (TPSA) is 62.5 Å². The zero-order chi connectivity index (χ0) is 17.4. The molecule has 0 radical (unpaired) electrons. The smallest absolute Gasteiger partial charge is 0.191 e. The Morgan fingerprint density at radius 3 is 2.56 bits per heavy atom. The second-order valence-electron chi connectivity index (χ2n) is 5.67. The number of benzene rings is 1. The first-order valence-electron chi connectivity index (χ1n) is 8.18. The maximum absolute atomic E-state index is 5.19. The van der Waals surface area contributed by atoms with Crippen LogP contribution in [0.5, 0.6) is 0 Å². The highest BCUT2D eigenvalue weighted by atomic mass is 127. The monoisotopic (exact) mass is 474 g/mol. The summed E-state index contributed by atoms with van der Waals surface area (Å²) in [7, 11) is 1.79. The molecule has 0 saturated carbocycles. The van der Waals surface area contributed by atoms with Gasteiger partial charge < -0.3 is 15.2 Å². The Morgan fingerprint density at radius 2 is 1.96 bits per heavy atom. The Hall–Kier alpha value is -1.22. The number of aryl methyl sites for hydroxylation is 2. The standard InChI is InChI=1S/C18H26N4OS.HI/c1-13(24-16-8-6-5-7-9-16)12-21-18(19-4)20-11-10-17-14(2)22-23-15(17)3;/h5-9,13H,10-12H2,1-4H3,(H2,19,20,21);1H. The van der Waals surface area contributed by atoms with E-state index in [0.29, 0.717) is 5.25 Å². The van der Waals surface area contributed by atoms with E-state index < -0.39 is 0 Å². The van der Waals surface area contributed by atoms with Gasteiger partial charge in [-0.05, 0) is 32.4 Å². The second kappa shape index (κ2) is 11.4. The Labute approximate surface area is 171 Å². The van der Waals surface area contributed by atoms with Crippen molar-refractivity contribution in [1.29, 1.82) is 0 Å². The minimum absolute atomic E-state index is 0. The molecule has 1 heterocycles. The van der Waals surface area contributed by atoms with Gasteiger partial charge in [0.25, 0.3) is 0 Å². The fourth-order valence-electron chi connectivity index (χ4n) is 2.40. The predicted octanol–water partition coefficient (Wildman–Crippen LogP) is 3.80. The Balaban J connectivity index is 0.00000312. The van der Waals surface area contributed by atoms with Gasteiger partial charge >= 0.3 is 0 Å². The summed E-state index contributed by atoms with van der Waals surface area (Å²) in [5, 5.41) is 11.2. The fourth-order valence-corrected chi connectivity index (χ4v) is 3.34. The Kier molecular flexibility index (Phi) is 9.96. The lowest BCUT2D eigenvalue weighted by molar-refractivity contribution is 0.392. The molecule has 2 N–H and O–H groups in total. The van der Waals surface area contributed by atoms with Gasteiger partial charge in [0.05, 0.1) is 5.69 Å². The molecule has 0 aliphatic rings. The predicted molar refractivity (Wildman–Crippen MR) is 116 cm³/mol. The van der Waals surface area contributed by atoms with E-state index >= 15 is 0 Å². The van der Waals surface area contributed by atoms with Crippen molar-refractivity contribution in [2.75, 3.05) is 20.1 Å². The van der Waals surface area contributed by atoms with Crippen molar-refractivity contribution in [2.24, 2.45) is 4.99 Å². The summed E-state index contributed by atoms with van der Waals surface area (Å²) in [4.78, 5) is 5.56. The average Bonchev–Trinajstić information content (AvgIpc) is 2.90. The summed E-state index contributed by atoms with van der Waals surface area (Å²) in [5.74, 6) is 1.72. The summed E-state index contributed by atoms with van der Waals surface area (Å²) in [6.45, 7) is 7.78. The van der Waals surface area contributed by atoms with Crippen LogP contribution in [-0.2, 0) is 6.42 Å². The largest absolute Gasteiger partial charge is 0.361 e. The first kappa shape index (κ1) is 21.8. The fraction of sp³-hybridized carbons (Fsp3) is 0.444. The minimum atomic E-state index is 0. The molecule has 0 aliphatic heterocycles. The molecule has 0 aliphatic carbocycles. The van der Waals surface area contributed by atoms with Crippen LogP contribution in [0, 0.1) is 13.8 Å². The molecule has 1 atom stereocenters. The van der Waals surface area contributed by atoms with Gasteiger partial charge in [-0.15, -0.1) is 35.7 Å². The normalized spacial score (nSPS) is 12.4. The van der Waals surface area contributed by atoms with E-state index in [1.54, 1.807) is 7.05 Å². The molecule has 1 unspecified atom stereocenters. The van der Waals surface area contributed by atoms with Crippen molar-refractivity contribution in [3.8, 4) is 0 Å². The summed E-state index contributed by atoms with van der Waals surface area (Å²) < 4.78 is 5.19. The average molecular weight is 474 g/mol. The third-order valence-electron chi connectivity index (χ3n) is 3.71. The number of halogens is 1. The van der Waals surface area contributed by atoms with E-state index in [-0.39, 0.29) is 24.0 Å². The summed E-state index contributed by atoms with van der Waals surface area (Å²) in [6, 6.07) is 10.4. The van der Waals surface area contributed by atoms with Gasteiger partial charge in [-0.1, -0.05) is 30.3 Å². The molecule has 0 amide bonds. The molecule has 2 rings (SSSR count). The number of rotatable bonds is 7. The molecule has 25 heavy (non-hydrogen) atoms. The molecule has 138 valence electrons. The van der Waals surface area contributed by atoms with Gasteiger partial charge in [0.2, 0.25) is 0 Å². The molecule has 1 aromatic heterocycles. The first-order chi connectivity index (χ1) is 11.6. The number of guanidine groups is 1. The zero-order valence-corrected chi connectivity index (χ0v) is 18.4. The molecule has 0 saturated heterocycles. The van der Waals surface area contributed by atoms with E-state index in [0.717, 1.165) is 36.9 Å². The number of hydrogen-bond donors (Lipinski definition) is 2. The Bertz CT molecular complexity index is 641. The van der Waals surface area contributed by atoms with E-state index in [4.69, 9.17) is 4.52 Å². The molecule has 0 spiro atoms. The number of aromatic nitrogens is 1. The number of thioether (sulfide) groups is 1. The van der Waals surface area contributed by atoms with Gasteiger partial charge in [-0.3, -0.25) is 4.99 Å².